The van der Waals surface area contributed by atoms with E-state index < -0.39 is 0 Å². The summed E-state index contributed by atoms with van der Waals surface area (Å²) in [5.74, 6) is 0.734. The molecule has 1 fully saturated rings. The smallest absolute Gasteiger partial charge is 0.0269 e. The second kappa shape index (κ2) is 9.15. The van der Waals surface area contributed by atoms with E-state index in [1.165, 1.54) is 51.6 Å². The fraction of sp³-hybridized carbons (Fsp3) is 1.00. The van der Waals surface area contributed by atoms with Crippen LogP contribution in [0.2, 0.25) is 0 Å². The van der Waals surface area contributed by atoms with Crippen molar-refractivity contribution in [1.82, 2.24) is 10.2 Å². The molecule has 1 rings (SSSR count). The highest BCUT2D eigenvalue weighted by molar-refractivity contribution is 4.93. The van der Waals surface area contributed by atoms with Crippen molar-refractivity contribution in [3.05, 3.63) is 0 Å². The van der Waals surface area contributed by atoms with Crippen molar-refractivity contribution in [2.24, 2.45) is 11.3 Å². The first kappa shape index (κ1) is 19.0. The van der Waals surface area contributed by atoms with E-state index in [2.05, 4.69) is 51.8 Å². The normalized spacial score (nSPS) is 24.7. The Morgan fingerprint density at radius 1 is 1.05 bits per heavy atom. The van der Waals surface area contributed by atoms with Crippen molar-refractivity contribution in [3.8, 4) is 0 Å². The van der Waals surface area contributed by atoms with Gasteiger partial charge in [0.15, 0.2) is 0 Å². The third kappa shape index (κ3) is 6.69. The molecule has 0 aliphatic carbocycles. The predicted octanol–water partition coefficient (Wildman–Crippen LogP) is 4.69. The van der Waals surface area contributed by atoms with Crippen LogP contribution < -0.4 is 5.32 Å². The Hall–Kier alpha value is -0.0800. The Bertz CT molecular complexity index is 267. The van der Waals surface area contributed by atoms with Gasteiger partial charge < -0.3 is 5.32 Å². The number of nitrogens with zero attached hydrogens (tertiary/aromatic N) is 1. The Kier molecular flexibility index (Phi) is 8.26. The lowest BCUT2D eigenvalue weighted by molar-refractivity contribution is 0.0448. The third-order valence-corrected chi connectivity index (χ3v) is 5.05. The highest BCUT2D eigenvalue weighted by Crippen LogP contribution is 2.28. The summed E-state index contributed by atoms with van der Waals surface area (Å²) in [6.45, 7) is 17.8. The summed E-state index contributed by atoms with van der Waals surface area (Å²) in [6, 6.07) is 1.35. The summed E-state index contributed by atoms with van der Waals surface area (Å²) in [6.07, 6.45) is 8.39. The molecule has 0 bridgehead atoms. The Labute approximate surface area is 134 Å². The third-order valence-electron chi connectivity index (χ3n) is 5.05. The summed E-state index contributed by atoms with van der Waals surface area (Å²) in [5, 5.41) is 3.78. The number of piperazine rings is 1. The molecule has 0 aromatic rings. The summed E-state index contributed by atoms with van der Waals surface area (Å²) in [7, 11) is 0. The fourth-order valence-corrected chi connectivity index (χ4v) is 3.48. The van der Waals surface area contributed by atoms with Crippen molar-refractivity contribution in [3.63, 3.8) is 0 Å². The lowest BCUT2D eigenvalue weighted by atomic mass is 9.83. The van der Waals surface area contributed by atoms with Crippen molar-refractivity contribution in [2.75, 3.05) is 19.6 Å². The van der Waals surface area contributed by atoms with E-state index in [9.17, 15) is 0 Å². The minimum absolute atomic E-state index is 0.372. The molecule has 126 valence electrons. The number of hydrogen-bond acceptors (Lipinski definition) is 2. The lowest BCUT2D eigenvalue weighted by Gasteiger charge is -2.47. The summed E-state index contributed by atoms with van der Waals surface area (Å²) in [5.41, 5.74) is 0.372. The molecule has 0 saturated carbocycles. The van der Waals surface area contributed by atoms with E-state index in [1.807, 2.05) is 0 Å². The van der Waals surface area contributed by atoms with E-state index in [0.717, 1.165) is 12.5 Å². The standard InChI is InChI=1S/C19H40N2/c1-7-8-9-10-11-12-13-21-15-17(16(2)3)20-14-18(21)19(4,5)6/h16-18,20H,7-15H2,1-6H3. The molecule has 1 N–H and O–H groups in total. The van der Waals surface area contributed by atoms with Gasteiger partial charge in [0.2, 0.25) is 0 Å². The van der Waals surface area contributed by atoms with Crippen molar-refractivity contribution in [2.45, 2.75) is 92.2 Å². The maximum absolute atomic E-state index is 3.78. The first-order valence-electron chi connectivity index (χ1n) is 9.33. The number of hydrogen-bond donors (Lipinski definition) is 1. The summed E-state index contributed by atoms with van der Waals surface area (Å²) in [4.78, 5) is 2.78. The van der Waals surface area contributed by atoms with Crippen LogP contribution in [0, 0.1) is 11.3 Å². The van der Waals surface area contributed by atoms with Crippen LogP contribution in [-0.4, -0.2) is 36.6 Å². The lowest BCUT2D eigenvalue weighted by Crippen LogP contribution is -2.61. The largest absolute Gasteiger partial charge is 0.311 e. The molecular weight excluding hydrogens is 256 g/mol. The molecule has 0 aromatic carbocycles. The van der Waals surface area contributed by atoms with Gasteiger partial charge in [0.25, 0.3) is 0 Å². The van der Waals surface area contributed by atoms with Crippen LogP contribution in [0.4, 0.5) is 0 Å². The predicted molar refractivity (Wildman–Crippen MR) is 94.8 cm³/mol. The van der Waals surface area contributed by atoms with Gasteiger partial charge in [0.05, 0.1) is 0 Å². The minimum atomic E-state index is 0.372. The monoisotopic (exact) mass is 296 g/mol. The van der Waals surface area contributed by atoms with Crippen LogP contribution in [0.5, 0.6) is 0 Å². The Morgan fingerprint density at radius 2 is 1.67 bits per heavy atom. The molecule has 1 saturated heterocycles. The van der Waals surface area contributed by atoms with Gasteiger partial charge in [-0.25, -0.2) is 0 Å². The minimum Gasteiger partial charge on any atom is -0.311 e. The zero-order valence-electron chi connectivity index (χ0n) is 15.5. The first-order valence-corrected chi connectivity index (χ1v) is 9.33. The molecule has 0 aromatic heterocycles. The topological polar surface area (TPSA) is 15.3 Å². The van der Waals surface area contributed by atoms with Gasteiger partial charge in [-0.3, -0.25) is 4.90 Å². The van der Waals surface area contributed by atoms with Crippen LogP contribution in [0.1, 0.15) is 80.1 Å². The van der Waals surface area contributed by atoms with Gasteiger partial charge in [-0.2, -0.15) is 0 Å². The van der Waals surface area contributed by atoms with Gasteiger partial charge in [-0.15, -0.1) is 0 Å². The van der Waals surface area contributed by atoms with Crippen molar-refractivity contribution >= 4 is 0 Å². The zero-order valence-corrected chi connectivity index (χ0v) is 15.5. The first-order chi connectivity index (χ1) is 9.86. The molecular formula is C19H40N2. The Morgan fingerprint density at radius 3 is 2.24 bits per heavy atom. The van der Waals surface area contributed by atoms with Gasteiger partial charge in [-0.05, 0) is 24.3 Å². The number of rotatable bonds is 8. The molecule has 2 heteroatoms. The van der Waals surface area contributed by atoms with Crippen LogP contribution in [0.15, 0.2) is 0 Å². The molecule has 21 heavy (non-hydrogen) atoms. The highest BCUT2D eigenvalue weighted by atomic mass is 15.2. The van der Waals surface area contributed by atoms with Crippen LogP contribution in [0.25, 0.3) is 0 Å². The van der Waals surface area contributed by atoms with Gasteiger partial charge in [0.1, 0.15) is 0 Å². The van der Waals surface area contributed by atoms with Crippen molar-refractivity contribution < 1.29 is 0 Å². The summed E-state index contributed by atoms with van der Waals surface area (Å²) >= 11 is 0. The average Bonchev–Trinajstić information content (AvgIpc) is 2.41. The highest BCUT2D eigenvalue weighted by Gasteiger charge is 2.35. The summed E-state index contributed by atoms with van der Waals surface area (Å²) < 4.78 is 0. The molecule has 2 atom stereocenters. The van der Waals surface area contributed by atoms with Crippen molar-refractivity contribution in [1.29, 1.82) is 0 Å². The molecule has 2 unspecified atom stereocenters. The van der Waals surface area contributed by atoms with Gasteiger partial charge >= 0.3 is 0 Å². The van der Waals surface area contributed by atoms with Crippen LogP contribution >= 0.6 is 0 Å². The van der Waals surface area contributed by atoms with E-state index in [4.69, 9.17) is 0 Å². The number of unbranched alkanes of at least 4 members (excludes halogenated alkanes) is 5. The molecule has 0 amide bonds. The zero-order chi connectivity index (χ0) is 15.9. The molecule has 1 heterocycles. The van der Waals surface area contributed by atoms with E-state index in [-0.39, 0.29) is 0 Å². The maximum Gasteiger partial charge on any atom is 0.0269 e. The number of nitrogens with one attached hydrogen (secondary N) is 1. The van der Waals surface area contributed by atoms with E-state index in [0.29, 0.717) is 17.5 Å². The molecule has 2 nitrogen and oxygen atoms in total. The van der Waals surface area contributed by atoms with E-state index in [1.54, 1.807) is 0 Å². The SMILES string of the molecule is CCCCCCCCN1CC(C(C)C)NCC1C(C)(C)C. The molecule has 0 radical (unpaired) electrons. The quantitative estimate of drug-likeness (QED) is 0.654. The second-order valence-corrected chi connectivity index (χ2v) is 8.40. The van der Waals surface area contributed by atoms with Gasteiger partial charge in [0, 0.05) is 25.2 Å². The van der Waals surface area contributed by atoms with Crippen LogP contribution in [0.3, 0.4) is 0 Å². The molecule has 1 aliphatic rings. The van der Waals surface area contributed by atoms with E-state index >= 15 is 0 Å². The molecule has 1 aliphatic heterocycles. The Balaban J connectivity index is 2.43. The average molecular weight is 297 g/mol. The van der Waals surface area contributed by atoms with Crippen LogP contribution in [-0.2, 0) is 0 Å². The van der Waals surface area contributed by atoms with Gasteiger partial charge in [-0.1, -0.05) is 73.6 Å². The molecule has 0 spiro atoms. The maximum atomic E-state index is 3.78. The second-order valence-electron chi connectivity index (χ2n) is 8.40. The fourth-order valence-electron chi connectivity index (χ4n) is 3.48.